The lowest BCUT2D eigenvalue weighted by Gasteiger charge is -2.25. The number of ether oxygens (including phenoxy) is 2. The third-order valence-corrected chi connectivity index (χ3v) is 5.17. The van der Waals surface area contributed by atoms with Crippen LogP contribution in [-0.2, 0) is 14.3 Å². The lowest BCUT2D eigenvalue weighted by molar-refractivity contribution is -0.140. The van der Waals surface area contributed by atoms with E-state index in [1.165, 1.54) is 12.0 Å². The zero-order valence-electron chi connectivity index (χ0n) is 16.2. The molecule has 152 valence electrons. The highest BCUT2D eigenvalue weighted by molar-refractivity contribution is 9.10. The molecule has 0 bridgehead atoms. The standard InChI is InChI=1S/C22H22BrNO5/c1-3-29-17-9-7-14(8-10-17)20(25)18-19(15-5-4-6-16(23)13-15)24(11-12-28-2)22(27)21(18)26/h4-10,13,19,25H,3,11-12H2,1-2H3. The van der Waals surface area contributed by atoms with E-state index in [0.29, 0.717) is 17.9 Å². The Bertz CT molecular complexity index is 938. The van der Waals surface area contributed by atoms with E-state index in [-0.39, 0.29) is 24.5 Å². The molecule has 0 radical (unpaired) electrons. The van der Waals surface area contributed by atoms with Gasteiger partial charge in [-0.15, -0.1) is 0 Å². The van der Waals surface area contributed by atoms with Crippen molar-refractivity contribution in [3.8, 4) is 5.75 Å². The van der Waals surface area contributed by atoms with Crippen LogP contribution in [0.5, 0.6) is 5.75 Å². The Morgan fingerprint density at radius 1 is 1.17 bits per heavy atom. The van der Waals surface area contributed by atoms with Crippen LogP contribution in [0.2, 0.25) is 0 Å². The van der Waals surface area contributed by atoms with Crippen LogP contribution >= 0.6 is 15.9 Å². The molecule has 29 heavy (non-hydrogen) atoms. The van der Waals surface area contributed by atoms with Gasteiger partial charge in [0.25, 0.3) is 11.7 Å². The monoisotopic (exact) mass is 459 g/mol. The smallest absolute Gasteiger partial charge is 0.295 e. The lowest BCUT2D eigenvalue weighted by atomic mass is 9.95. The molecule has 1 atom stereocenters. The highest BCUT2D eigenvalue weighted by Crippen LogP contribution is 2.40. The molecule has 1 heterocycles. The van der Waals surface area contributed by atoms with Crippen molar-refractivity contribution >= 4 is 33.4 Å². The predicted octanol–water partition coefficient (Wildman–Crippen LogP) is 3.92. The van der Waals surface area contributed by atoms with Crippen molar-refractivity contribution in [1.82, 2.24) is 4.90 Å². The number of hydrogen-bond donors (Lipinski definition) is 1. The number of hydrogen-bond acceptors (Lipinski definition) is 5. The predicted molar refractivity (Wildman–Crippen MR) is 113 cm³/mol. The van der Waals surface area contributed by atoms with Gasteiger partial charge in [-0.25, -0.2) is 0 Å². The van der Waals surface area contributed by atoms with Crippen molar-refractivity contribution in [3.05, 3.63) is 69.7 Å². The van der Waals surface area contributed by atoms with Crippen molar-refractivity contribution in [2.75, 3.05) is 26.9 Å². The molecule has 0 spiro atoms. The molecule has 3 rings (SSSR count). The molecule has 7 heteroatoms. The van der Waals surface area contributed by atoms with Crippen LogP contribution in [0.4, 0.5) is 0 Å². The zero-order valence-corrected chi connectivity index (χ0v) is 17.8. The molecule has 0 aromatic heterocycles. The van der Waals surface area contributed by atoms with Crippen LogP contribution in [0.1, 0.15) is 24.1 Å². The highest BCUT2D eigenvalue weighted by atomic mass is 79.9. The topological polar surface area (TPSA) is 76.1 Å². The van der Waals surface area contributed by atoms with Gasteiger partial charge in [-0.2, -0.15) is 0 Å². The van der Waals surface area contributed by atoms with Crippen LogP contribution < -0.4 is 4.74 Å². The molecule has 1 unspecified atom stereocenters. The lowest BCUT2D eigenvalue weighted by Crippen LogP contribution is -2.32. The van der Waals surface area contributed by atoms with Crippen LogP contribution in [-0.4, -0.2) is 48.6 Å². The van der Waals surface area contributed by atoms with Gasteiger partial charge in [-0.3, -0.25) is 9.59 Å². The molecule has 1 amide bonds. The fourth-order valence-electron chi connectivity index (χ4n) is 3.35. The third-order valence-electron chi connectivity index (χ3n) is 4.68. The summed E-state index contributed by atoms with van der Waals surface area (Å²) >= 11 is 3.43. The third kappa shape index (κ3) is 4.36. The van der Waals surface area contributed by atoms with E-state index in [0.717, 1.165) is 10.0 Å². The number of amides is 1. The van der Waals surface area contributed by atoms with E-state index >= 15 is 0 Å². The summed E-state index contributed by atoms with van der Waals surface area (Å²) in [6.07, 6.45) is 0. The largest absolute Gasteiger partial charge is 0.507 e. The van der Waals surface area contributed by atoms with Gasteiger partial charge in [0.1, 0.15) is 11.5 Å². The maximum Gasteiger partial charge on any atom is 0.295 e. The van der Waals surface area contributed by atoms with Gasteiger partial charge in [-0.05, 0) is 48.9 Å². The van der Waals surface area contributed by atoms with E-state index in [1.807, 2.05) is 31.2 Å². The number of Topliss-reactive ketones (excluding diaryl/α,β-unsaturated/α-hetero) is 1. The Balaban J connectivity index is 2.10. The Morgan fingerprint density at radius 3 is 2.52 bits per heavy atom. The van der Waals surface area contributed by atoms with Crippen LogP contribution in [0.25, 0.3) is 5.76 Å². The average Bonchev–Trinajstić information content (AvgIpc) is 2.97. The van der Waals surface area contributed by atoms with Gasteiger partial charge in [0.15, 0.2) is 0 Å². The number of benzene rings is 2. The van der Waals surface area contributed by atoms with Gasteiger partial charge in [0.05, 0.1) is 24.8 Å². The number of likely N-dealkylation sites (tertiary alicyclic amines) is 1. The molecule has 0 saturated carbocycles. The van der Waals surface area contributed by atoms with E-state index in [2.05, 4.69) is 15.9 Å². The summed E-state index contributed by atoms with van der Waals surface area (Å²) in [6, 6.07) is 13.4. The summed E-state index contributed by atoms with van der Waals surface area (Å²) in [5, 5.41) is 11.0. The highest BCUT2D eigenvalue weighted by Gasteiger charge is 2.45. The van der Waals surface area contributed by atoms with Gasteiger partial charge in [0, 0.05) is 23.7 Å². The number of methoxy groups -OCH3 is 1. The summed E-state index contributed by atoms with van der Waals surface area (Å²) in [4.78, 5) is 27.0. The second-order valence-corrected chi connectivity index (χ2v) is 7.41. The van der Waals surface area contributed by atoms with E-state index in [9.17, 15) is 14.7 Å². The molecular formula is C22H22BrNO5. The van der Waals surface area contributed by atoms with Crippen molar-refractivity contribution in [2.24, 2.45) is 0 Å². The maximum absolute atomic E-state index is 12.8. The number of halogens is 1. The minimum atomic E-state index is -0.711. The molecule has 6 nitrogen and oxygen atoms in total. The average molecular weight is 460 g/mol. The molecule has 2 aromatic rings. The Kier molecular flexibility index (Phi) is 6.71. The summed E-state index contributed by atoms with van der Waals surface area (Å²) in [7, 11) is 1.53. The minimum absolute atomic E-state index is 0.0633. The van der Waals surface area contributed by atoms with E-state index < -0.39 is 17.7 Å². The molecule has 1 fully saturated rings. The molecule has 0 aliphatic carbocycles. The first-order valence-electron chi connectivity index (χ1n) is 9.24. The van der Waals surface area contributed by atoms with Crippen molar-refractivity contribution < 1.29 is 24.2 Å². The Morgan fingerprint density at radius 2 is 1.90 bits per heavy atom. The number of carbonyl (C=O) groups is 2. The molecule has 1 aliphatic heterocycles. The maximum atomic E-state index is 12.8. The first-order valence-corrected chi connectivity index (χ1v) is 10.0. The van der Waals surface area contributed by atoms with Gasteiger partial charge in [-0.1, -0.05) is 28.1 Å². The second kappa shape index (κ2) is 9.24. The molecule has 1 aliphatic rings. The fraction of sp³-hybridized carbons (Fsp3) is 0.273. The van der Waals surface area contributed by atoms with Gasteiger partial charge >= 0.3 is 0 Å². The number of rotatable bonds is 7. The molecule has 2 aromatic carbocycles. The van der Waals surface area contributed by atoms with Crippen LogP contribution in [0.15, 0.2) is 58.6 Å². The van der Waals surface area contributed by atoms with E-state index in [4.69, 9.17) is 9.47 Å². The first kappa shape index (κ1) is 21.1. The number of aliphatic hydroxyl groups excluding tert-OH is 1. The Labute approximate surface area is 177 Å². The second-order valence-electron chi connectivity index (χ2n) is 6.50. The fourth-order valence-corrected chi connectivity index (χ4v) is 3.77. The molecule has 1 saturated heterocycles. The van der Waals surface area contributed by atoms with Gasteiger partial charge < -0.3 is 19.5 Å². The zero-order chi connectivity index (χ0) is 21.0. The minimum Gasteiger partial charge on any atom is -0.507 e. The number of nitrogens with zero attached hydrogens (tertiary/aromatic N) is 1. The van der Waals surface area contributed by atoms with Crippen LogP contribution in [0, 0.1) is 0 Å². The summed E-state index contributed by atoms with van der Waals surface area (Å²) in [5.74, 6) is -0.915. The number of carbonyl (C=O) groups excluding carboxylic acids is 2. The molecule has 1 N–H and O–H groups in total. The van der Waals surface area contributed by atoms with Crippen molar-refractivity contribution in [1.29, 1.82) is 0 Å². The van der Waals surface area contributed by atoms with Gasteiger partial charge in [0.2, 0.25) is 0 Å². The summed E-state index contributed by atoms with van der Waals surface area (Å²) in [5.41, 5.74) is 1.23. The summed E-state index contributed by atoms with van der Waals surface area (Å²) in [6.45, 7) is 2.92. The number of ketones is 1. The van der Waals surface area contributed by atoms with E-state index in [1.54, 1.807) is 24.3 Å². The SMILES string of the molecule is CCOc1ccc(C(O)=C2C(=O)C(=O)N(CCOC)C2c2cccc(Br)c2)cc1. The molecular weight excluding hydrogens is 438 g/mol. The van der Waals surface area contributed by atoms with Crippen molar-refractivity contribution in [2.45, 2.75) is 13.0 Å². The quantitative estimate of drug-likeness (QED) is 0.385. The van der Waals surface area contributed by atoms with Crippen LogP contribution in [0.3, 0.4) is 0 Å². The van der Waals surface area contributed by atoms with Crippen molar-refractivity contribution in [3.63, 3.8) is 0 Å². The first-order chi connectivity index (χ1) is 14.0. The summed E-state index contributed by atoms with van der Waals surface area (Å²) < 4.78 is 11.3. The normalized spacial score (nSPS) is 18.3. The Hall–Kier alpha value is -2.64. The number of aliphatic hydroxyl groups is 1.